The molecule has 0 radical (unpaired) electrons. The van der Waals surface area contributed by atoms with Crippen LogP contribution in [0.3, 0.4) is 0 Å². The fourth-order valence-electron chi connectivity index (χ4n) is 2.95. The monoisotopic (exact) mass is 300 g/mol. The Morgan fingerprint density at radius 1 is 1.41 bits per heavy atom. The highest BCUT2D eigenvalue weighted by molar-refractivity contribution is 5.91. The zero-order valence-electron chi connectivity index (χ0n) is 12.9. The summed E-state index contributed by atoms with van der Waals surface area (Å²) in [6.45, 7) is 2.60. The molecule has 2 heterocycles. The molecule has 0 unspecified atom stereocenters. The highest BCUT2D eigenvalue weighted by Crippen LogP contribution is 2.24. The second kappa shape index (κ2) is 6.22. The number of aryl methyl sites for hydroxylation is 1. The van der Waals surface area contributed by atoms with Crippen LogP contribution in [0, 0.1) is 6.92 Å². The SMILES string of the molecule is COc1ccc(C[C@@H]2CCCN2C(=O)c2cc(C)no2)cc1. The first kappa shape index (κ1) is 14.6. The van der Waals surface area contributed by atoms with E-state index in [2.05, 4.69) is 17.3 Å². The van der Waals surface area contributed by atoms with E-state index in [1.165, 1.54) is 5.56 Å². The summed E-state index contributed by atoms with van der Waals surface area (Å²) in [5, 5.41) is 3.80. The third-order valence-electron chi connectivity index (χ3n) is 4.11. The summed E-state index contributed by atoms with van der Waals surface area (Å²) in [6.07, 6.45) is 2.90. The Hall–Kier alpha value is -2.30. The third kappa shape index (κ3) is 2.98. The molecule has 5 nitrogen and oxygen atoms in total. The van der Waals surface area contributed by atoms with Gasteiger partial charge in [-0.25, -0.2) is 0 Å². The van der Waals surface area contributed by atoms with Gasteiger partial charge in [-0.2, -0.15) is 0 Å². The maximum atomic E-state index is 12.5. The van der Waals surface area contributed by atoms with Crippen LogP contribution >= 0.6 is 0 Å². The standard InChI is InChI=1S/C17H20N2O3/c1-12-10-16(22-18-12)17(20)19-9-3-4-14(19)11-13-5-7-15(21-2)8-6-13/h5-8,10,14H,3-4,9,11H2,1-2H3/t14-/m0/s1. The Balaban J connectivity index is 1.71. The van der Waals surface area contributed by atoms with Crippen LogP contribution in [-0.2, 0) is 6.42 Å². The first-order valence-corrected chi connectivity index (χ1v) is 7.54. The van der Waals surface area contributed by atoms with Crippen molar-refractivity contribution in [3.8, 4) is 5.75 Å². The smallest absolute Gasteiger partial charge is 0.292 e. The van der Waals surface area contributed by atoms with Crippen molar-refractivity contribution in [2.24, 2.45) is 0 Å². The van der Waals surface area contributed by atoms with Crippen molar-refractivity contribution >= 4 is 5.91 Å². The average Bonchev–Trinajstić information content (AvgIpc) is 3.16. The number of hydrogen-bond donors (Lipinski definition) is 0. The van der Waals surface area contributed by atoms with E-state index in [-0.39, 0.29) is 11.9 Å². The summed E-state index contributed by atoms with van der Waals surface area (Å²) in [4.78, 5) is 14.4. The van der Waals surface area contributed by atoms with Crippen LogP contribution in [0.4, 0.5) is 0 Å². The second-order valence-corrected chi connectivity index (χ2v) is 5.68. The van der Waals surface area contributed by atoms with Gasteiger partial charge in [-0.1, -0.05) is 17.3 Å². The van der Waals surface area contributed by atoms with E-state index < -0.39 is 0 Å². The lowest BCUT2D eigenvalue weighted by Crippen LogP contribution is -2.36. The lowest BCUT2D eigenvalue weighted by molar-refractivity contribution is 0.0694. The van der Waals surface area contributed by atoms with Gasteiger partial charge in [-0.3, -0.25) is 4.79 Å². The first-order chi connectivity index (χ1) is 10.7. The number of carbonyl (C=O) groups excluding carboxylic acids is 1. The predicted molar refractivity (Wildman–Crippen MR) is 82.0 cm³/mol. The minimum Gasteiger partial charge on any atom is -0.497 e. The highest BCUT2D eigenvalue weighted by Gasteiger charge is 2.31. The average molecular weight is 300 g/mol. The number of likely N-dealkylation sites (tertiary alicyclic amines) is 1. The van der Waals surface area contributed by atoms with Gasteiger partial charge >= 0.3 is 0 Å². The summed E-state index contributed by atoms with van der Waals surface area (Å²) in [6, 6.07) is 9.93. The summed E-state index contributed by atoms with van der Waals surface area (Å²) < 4.78 is 10.3. The van der Waals surface area contributed by atoms with Crippen LogP contribution in [-0.4, -0.2) is 35.7 Å². The van der Waals surface area contributed by atoms with Crippen LogP contribution in [0.2, 0.25) is 0 Å². The second-order valence-electron chi connectivity index (χ2n) is 5.68. The Bertz CT molecular complexity index is 648. The van der Waals surface area contributed by atoms with Gasteiger partial charge in [-0.05, 0) is 43.9 Å². The molecule has 2 aromatic rings. The number of aromatic nitrogens is 1. The molecule has 0 N–H and O–H groups in total. The van der Waals surface area contributed by atoms with Gasteiger partial charge in [-0.15, -0.1) is 0 Å². The van der Waals surface area contributed by atoms with E-state index >= 15 is 0 Å². The molecule has 5 heteroatoms. The normalized spacial score (nSPS) is 17.7. The lowest BCUT2D eigenvalue weighted by atomic mass is 10.0. The van der Waals surface area contributed by atoms with Gasteiger partial charge in [0.05, 0.1) is 12.8 Å². The Morgan fingerprint density at radius 2 is 2.18 bits per heavy atom. The lowest BCUT2D eigenvalue weighted by Gasteiger charge is -2.23. The number of ether oxygens (including phenoxy) is 1. The molecule has 0 bridgehead atoms. The molecule has 3 rings (SSSR count). The number of amides is 1. The molecule has 1 aromatic heterocycles. The molecule has 0 saturated carbocycles. The Kier molecular flexibility index (Phi) is 4.13. The molecule has 1 aromatic carbocycles. The quantitative estimate of drug-likeness (QED) is 0.871. The van der Waals surface area contributed by atoms with Crippen LogP contribution in [0.25, 0.3) is 0 Å². The molecule has 1 aliphatic rings. The minimum absolute atomic E-state index is 0.0587. The molecule has 1 aliphatic heterocycles. The fourth-order valence-corrected chi connectivity index (χ4v) is 2.95. The summed E-state index contributed by atoms with van der Waals surface area (Å²) in [5.41, 5.74) is 1.94. The number of carbonyl (C=O) groups is 1. The molecule has 1 amide bonds. The van der Waals surface area contributed by atoms with Crippen molar-refractivity contribution in [3.05, 3.63) is 47.3 Å². The van der Waals surface area contributed by atoms with Gasteiger partial charge < -0.3 is 14.2 Å². The topological polar surface area (TPSA) is 55.6 Å². The van der Waals surface area contributed by atoms with E-state index in [1.54, 1.807) is 13.2 Å². The minimum atomic E-state index is -0.0587. The fraction of sp³-hybridized carbons (Fsp3) is 0.412. The summed E-state index contributed by atoms with van der Waals surface area (Å²) in [5.74, 6) is 1.12. The molecule has 1 saturated heterocycles. The van der Waals surface area contributed by atoms with Crippen LogP contribution in [0.5, 0.6) is 5.75 Å². The molecule has 1 fully saturated rings. The summed E-state index contributed by atoms with van der Waals surface area (Å²) in [7, 11) is 1.66. The maximum Gasteiger partial charge on any atom is 0.292 e. The van der Waals surface area contributed by atoms with Gasteiger partial charge in [0.1, 0.15) is 5.75 Å². The number of nitrogens with zero attached hydrogens (tertiary/aromatic N) is 2. The van der Waals surface area contributed by atoms with E-state index in [0.717, 1.165) is 37.3 Å². The van der Waals surface area contributed by atoms with E-state index in [9.17, 15) is 4.79 Å². The molecular formula is C17H20N2O3. The van der Waals surface area contributed by atoms with Gasteiger partial charge in [0.15, 0.2) is 0 Å². The van der Waals surface area contributed by atoms with E-state index in [4.69, 9.17) is 9.26 Å². The number of methoxy groups -OCH3 is 1. The number of benzene rings is 1. The number of rotatable bonds is 4. The molecule has 0 spiro atoms. The van der Waals surface area contributed by atoms with Crippen molar-refractivity contribution in [1.29, 1.82) is 0 Å². The molecule has 0 aliphatic carbocycles. The van der Waals surface area contributed by atoms with Crippen molar-refractivity contribution in [2.75, 3.05) is 13.7 Å². The predicted octanol–water partition coefficient (Wildman–Crippen LogP) is 2.84. The first-order valence-electron chi connectivity index (χ1n) is 7.54. The number of hydrogen-bond acceptors (Lipinski definition) is 4. The zero-order valence-corrected chi connectivity index (χ0v) is 12.9. The van der Waals surface area contributed by atoms with Crippen molar-refractivity contribution in [1.82, 2.24) is 10.1 Å². The van der Waals surface area contributed by atoms with Gasteiger partial charge in [0.2, 0.25) is 5.76 Å². The molecular weight excluding hydrogens is 280 g/mol. The van der Waals surface area contributed by atoms with Gasteiger partial charge in [0.25, 0.3) is 5.91 Å². The van der Waals surface area contributed by atoms with Crippen molar-refractivity contribution in [3.63, 3.8) is 0 Å². The molecule has 22 heavy (non-hydrogen) atoms. The maximum absolute atomic E-state index is 12.5. The van der Waals surface area contributed by atoms with Gasteiger partial charge in [0, 0.05) is 18.7 Å². The largest absolute Gasteiger partial charge is 0.497 e. The van der Waals surface area contributed by atoms with Crippen LogP contribution in [0.15, 0.2) is 34.9 Å². The van der Waals surface area contributed by atoms with Crippen LogP contribution < -0.4 is 4.74 Å². The van der Waals surface area contributed by atoms with E-state index in [1.807, 2.05) is 24.0 Å². The highest BCUT2D eigenvalue weighted by atomic mass is 16.5. The van der Waals surface area contributed by atoms with Crippen molar-refractivity contribution in [2.45, 2.75) is 32.2 Å². The molecule has 116 valence electrons. The molecule has 1 atom stereocenters. The van der Waals surface area contributed by atoms with E-state index in [0.29, 0.717) is 5.76 Å². The zero-order chi connectivity index (χ0) is 15.5. The Morgan fingerprint density at radius 3 is 2.82 bits per heavy atom. The van der Waals surface area contributed by atoms with Crippen molar-refractivity contribution < 1.29 is 14.1 Å². The van der Waals surface area contributed by atoms with Crippen LogP contribution in [0.1, 0.15) is 34.7 Å². The Labute approximate surface area is 129 Å². The summed E-state index contributed by atoms with van der Waals surface area (Å²) >= 11 is 0. The third-order valence-corrected chi connectivity index (χ3v) is 4.11.